The van der Waals surface area contributed by atoms with Crippen LogP contribution >= 0.6 is 24.0 Å². The highest BCUT2D eigenvalue weighted by Crippen LogP contribution is 2.27. The van der Waals surface area contributed by atoms with Crippen molar-refractivity contribution >= 4 is 40.6 Å². The van der Waals surface area contributed by atoms with Crippen LogP contribution in [-0.4, -0.2) is 21.9 Å². The second kappa shape index (κ2) is 6.39. The fourth-order valence-electron chi connectivity index (χ4n) is 2.26. The number of hydrogen-bond donors (Lipinski definition) is 2. The summed E-state index contributed by atoms with van der Waals surface area (Å²) in [4.78, 5) is 12.6. The number of thioether (sulfide) groups is 1. The third-order valence-electron chi connectivity index (χ3n) is 3.25. The van der Waals surface area contributed by atoms with Gasteiger partial charge in [0.25, 0.3) is 0 Å². The van der Waals surface area contributed by atoms with E-state index in [1.165, 1.54) is 6.42 Å². The highest BCUT2D eigenvalue weighted by Gasteiger charge is 2.22. The van der Waals surface area contributed by atoms with Crippen LogP contribution in [0.3, 0.4) is 0 Å². The Morgan fingerprint density at radius 2 is 2.26 bits per heavy atom. The van der Waals surface area contributed by atoms with Crippen LogP contribution in [0.1, 0.15) is 30.4 Å². The first-order valence-electron chi connectivity index (χ1n) is 6.41. The third-order valence-corrected chi connectivity index (χ3v) is 4.83. The second-order valence-electron chi connectivity index (χ2n) is 4.71. The van der Waals surface area contributed by atoms with Crippen LogP contribution in [0.4, 0.5) is 5.69 Å². The van der Waals surface area contributed by atoms with Gasteiger partial charge in [-0.15, -0.1) is 11.8 Å². The molecule has 0 spiro atoms. The van der Waals surface area contributed by atoms with Crippen LogP contribution in [0.2, 0.25) is 0 Å². The number of benzene rings is 1. The van der Waals surface area contributed by atoms with Crippen LogP contribution in [0.5, 0.6) is 0 Å². The van der Waals surface area contributed by atoms with Crippen molar-refractivity contribution in [1.29, 1.82) is 0 Å². The molecule has 3 N–H and O–H groups in total. The molecule has 1 amide bonds. The van der Waals surface area contributed by atoms with Gasteiger partial charge in [0.15, 0.2) is 0 Å². The van der Waals surface area contributed by atoms with E-state index in [2.05, 4.69) is 5.32 Å². The summed E-state index contributed by atoms with van der Waals surface area (Å²) in [6.45, 7) is 1.94. The van der Waals surface area contributed by atoms with Gasteiger partial charge in [-0.05, 0) is 37.1 Å². The number of aryl methyl sites for hydroxylation is 1. The summed E-state index contributed by atoms with van der Waals surface area (Å²) in [5.41, 5.74) is 8.23. The highest BCUT2D eigenvalue weighted by molar-refractivity contribution is 8.00. The van der Waals surface area contributed by atoms with Gasteiger partial charge in [-0.1, -0.05) is 30.8 Å². The summed E-state index contributed by atoms with van der Waals surface area (Å²) in [6.07, 6.45) is 3.28. The van der Waals surface area contributed by atoms with Crippen molar-refractivity contribution in [2.45, 2.75) is 31.4 Å². The van der Waals surface area contributed by atoms with E-state index >= 15 is 0 Å². The topological polar surface area (TPSA) is 55.1 Å². The minimum absolute atomic E-state index is 0.0495. The molecule has 1 aromatic carbocycles. The standard InChI is InChI=1S/C14H18N2OS2/c1-9-5-4-6-10(12(9)13(15)18)16-14(17)11-7-2-3-8-19-11/h4-6,11H,2-3,7-8H2,1H3,(H2,15,18)(H,16,17). The van der Waals surface area contributed by atoms with E-state index < -0.39 is 0 Å². The average Bonchev–Trinajstić information content (AvgIpc) is 2.39. The molecule has 1 atom stereocenters. The van der Waals surface area contributed by atoms with Crippen LogP contribution in [0, 0.1) is 6.92 Å². The van der Waals surface area contributed by atoms with Crippen LogP contribution < -0.4 is 11.1 Å². The molecule has 1 aromatic rings. The van der Waals surface area contributed by atoms with Gasteiger partial charge in [-0.3, -0.25) is 4.79 Å². The van der Waals surface area contributed by atoms with E-state index in [1.807, 2.05) is 25.1 Å². The maximum absolute atomic E-state index is 12.2. The molecule has 2 rings (SSSR count). The van der Waals surface area contributed by atoms with E-state index in [0.717, 1.165) is 35.4 Å². The van der Waals surface area contributed by atoms with E-state index in [4.69, 9.17) is 18.0 Å². The molecule has 3 nitrogen and oxygen atoms in total. The molecule has 1 heterocycles. The zero-order valence-electron chi connectivity index (χ0n) is 10.9. The van der Waals surface area contributed by atoms with E-state index in [1.54, 1.807) is 11.8 Å². The molecule has 0 radical (unpaired) electrons. The van der Waals surface area contributed by atoms with Gasteiger partial charge in [-0.2, -0.15) is 0 Å². The molecular weight excluding hydrogens is 276 g/mol. The minimum atomic E-state index is 0.0495. The van der Waals surface area contributed by atoms with Crippen LogP contribution in [0.25, 0.3) is 0 Å². The highest BCUT2D eigenvalue weighted by atomic mass is 32.2. The number of hydrogen-bond acceptors (Lipinski definition) is 3. The molecule has 19 heavy (non-hydrogen) atoms. The Kier molecular flexibility index (Phi) is 4.82. The summed E-state index contributed by atoms with van der Waals surface area (Å²) < 4.78 is 0. The van der Waals surface area contributed by atoms with Gasteiger partial charge < -0.3 is 11.1 Å². The van der Waals surface area contributed by atoms with Crippen LogP contribution in [0.15, 0.2) is 18.2 Å². The number of nitrogens with one attached hydrogen (secondary N) is 1. The molecule has 5 heteroatoms. The van der Waals surface area contributed by atoms with Crippen molar-refractivity contribution in [3.63, 3.8) is 0 Å². The Balaban J connectivity index is 2.16. The number of rotatable bonds is 3. The number of carbonyl (C=O) groups is 1. The largest absolute Gasteiger partial charge is 0.389 e. The van der Waals surface area contributed by atoms with Gasteiger partial charge in [0.1, 0.15) is 4.99 Å². The first-order valence-corrected chi connectivity index (χ1v) is 7.87. The molecule has 0 aliphatic carbocycles. The zero-order valence-corrected chi connectivity index (χ0v) is 12.6. The molecule has 0 saturated carbocycles. The predicted octanol–water partition coefficient (Wildman–Crippen LogP) is 2.85. The maximum atomic E-state index is 12.2. The van der Waals surface area contributed by atoms with Gasteiger partial charge in [-0.25, -0.2) is 0 Å². The lowest BCUT2D eigenvalue weighted by molar-refractivity contribution is -0.115. The molecule has 1 aliphatic heterocycles. The fraction of sp³-hybridized carbons (Fsp3) is 0.429. The third kappa shape index (κ3) is 3.48. The predicted molar refractivity (Wildman–Crippen MR) is 85.8 cm³/mol. The fourth-order valence-corrected chi connectivity index (χ4v) is 3.73. The van der Waals surface area contributed by atoms with Crippen LogP contribution in [-0.2, 0) is 4.79 Å². The molecule has 1 saturated heterocycles. The quantitative estimate of drug-likeness (QED) is 0.842. The molecule has 102 valence electrons. The van der Waals surface area contributed by atoms with E-state index in [9.17, 15) is 4.79 Å². The van der Waals surface area contributed by atoms with Crippen molar-refractivity contribution in [2.24, 2.45) is 5.73 Å². The Labute approximate surface area is 123 Å². The van der Waals surface area contributed by atoms with Gasteiger partial charge in [0, 0.05) is 5.56 Å². The Morgan fingerprint density at radius 1 is 1.47 bits per heavy atom. The van der Waals surface area contributed by atoms with E-state index in [0.29, 0.717) is 4.99 Å². The summed E-state index contributed by atoms with van der Waals surface area (Å²) in [7, 11) is 0. The summed E-state index contributed by atoms with van der Waals surface area (Å²) in [5, 5.41) is 3.02. The van der Waals surface area contributed by atoms with Crippen molar-refractivity contribution in [3.8, 4) is 0 Å². The Bertz CT molecular complexity index is 496. The van der Waals surface area contributed by atoms with E-state index in [-0.39, 0.29) is 11.2 Å². The Hall–Kier alpha value is -1.07. The van der Waals surface area contributed by atoms with Crippen molar-refractivity contribution < 1.29 is 4.79 Å². The van der Waals surface area contributed by atoms with Gasteiger partial charge >= 0.3 is 0 Å². The molecule has 0 bridgehead atoms. The number of nitrogens with two attached hydrogens (primary N) is 1. The Morgan fingerprint density at radius 3 is 2.89 bits per heavy atom. The summed E-state index contributed by atoms with van der Waals surface area (Å²) in [5.74, 6) is 1.13. The van der Waals surface area contributed by atoms with Gasteiger partial charge in [0.05, 0.1) is 10.9 Å². The molecule has 1 unspecified atom stereocenters. The molecule has 1 fully saturated rings. The second-order valence-corrected chi connectivity index (χ2v) is 6.46. The average molecular weight is 294 g/mol. The molecule has 0 aromatic heterocycles. The van der Waals surface area contributed by atoms with Crippen molar-refractivity contribution in [1.82, 2.24) is 0 Å². The lowest BCUT2D eigenvalue weighted by atomic mass is 10.1. The van der Waals surface area contributed by atoms with Crippen molar-refractivity contribution in [2.75, 3.05) is 11.1 Å². The maximum Gasteiger partial charge on any atom is 0.237 e. The smallest absolute Gasteiger partial charge is 0.237 e. The summed E-state index contributed by atoms with van der Waals surface area (Å²) >= 11 is 6.80. The number of anilines is 1. The first-order chi connectivity index (χ1) is 9.09. The summed E-state index contributed by atoms with van der Waals surface area (Å²) in [6, 6.07) is 5.70. The van der Waals surface area contributed by atoms with Crippen molar-refractivity contribution in [3.05, 3.63) is 29.3 Å². The minimum Gasteiger partial charge on any atom is -0.389 e. The molecule has 1 aliphatic rings. The normalized spacial score (nSPS) is 18.9. The zero-order chi connectivity index (χ0) is 13.8. The lowest BCUT2D eigenvalue weighted by Crippen LogP contribution is -2.28. The molecular formula is C14H18N2OS2. The number of thiocarbonyl (C=S) groups is 1. The monoisotopic (exact) mass is 294 g/mol. The van der Waals surface area contributed by atoms with Gasteiger partial charge in [0.2, 0.25) is 5.91 Å². The number of amides is 1. The SMILES string of the molecule is Cc1cccc(NC(=O)C2CCCCS2)c1C(N)=S. The first kappa shape index (κ1) is 14.3. The lowest BCUT2D eigenvalue weighted by Gasteiger charge is -2.21. The number of carbonyl (C=O) groups excluding carboxylic acids is 1.